The molecule has 1 heterocycles. The SMILES string of the molecule is CCc1nnsc1C(=O)NOC. The van der Waals surface area contributed by atoms with Crippen molar-refractivity contribution in [3.8, 4) is 0 Å². The predicted octanol–water partition coefficient (Wildman–Crippen LogP) is 0.392. The van der Waals surface area contributed by atoms with Gasteiger partial charge in [0.15, 0.2) is 0 Å². The lowest BCUT2D eigenvalue weighted by molar-refractivity contribution is 0.0541. The quantitative estimate of drug-likeness (QED) is 0.695. The summed E-state index contributed by atoms with van der Waals surface area (Å²) in [5.41, 5.74) is 2.92. The van der Waals surface area contributed by atoms with Crippen LogP contribution in [0.3, 0.4) is 0 Å². The van der Waals surface area contributed by atoms with E-state index in [-0.39, 0.29) is 5.91 Å². The number of aryl methyl sites for hydroxylation is 1. The van der Waals surface area contributed by atoms with Crippen LogP contribution in [0.15, 0.2) is 0 Å². The standard InChI is InChI=1S/C6H9N3O2S/c1-3-4-5(12-9-7-4)6(10)8-11-2/h3H2,1-2H3,(H,8,10). The Morgan fingerprint density at radius 1 is 1.75 bits per heavy atom. The molecule has 1 aromatic heterocycles. The molecule has 1 N–H and O–H groups in total. The normalized spacial score (nSPS) is 9.83. The van der Waals surface area contributed by atoms with Crippen LogP contribution in [-0.2, 0) is 11.3 Å². The van der Waals surface area contributed by atoms with Crippen LogP contribution in [0.2, 0.25) is 0 Å². The van der Waals surface area contributed by atoms with E-state index in [0.29, 0.717) is 17.0 Å². The molecule has 0 radical (unpaired) electrons. The Bertz CT molecular complexity index is 274. The van der Waals surface area contributed by atoms with Crippen molar-refractivity contribution in [2.24, 2.45) is 0 Å². The van der Waals surface area contributed by atoms with E-state index in [1.807, 2.05) is 6.92 Å². The first-order valence-electron chi connectivity index (χ1n) is 3.44. The van der Waals surface area contributed by atoms with Gasteiger partial charge in [0.1, 0.15) is 4.88 Å². The Hall–Kier alpha value is -1.01. The maximum Gasteiger partial charge on any atom is 0.288 e. The van der Waals surface area contributed by atoms with Crippen molar-refractivity contribution in [1.29, 1.82) is 0 Å². The summed E-state index contributed by atoms with van der Waals surface area (Å²) < 4.78 is 3.67. The molecule has 12 heavy (non-hydrogen) atoms. The third kappa shape index (κ3) is 1.77. The van der Waals surface area contributed by atoms with Crippen molar-refractivity contribution in [1.82, 2.24) is 15.1 Å². The Balaban J connectivity index is 2.79. The smallest absolute Gasteiger partial charge is 0.277 e. The van der Waals surface area contributed by atoms with Gasteiger partial charge >= 0.3 is 0 Å². The molecule has 0 aromatic carbocycles. The van der Waals surface area contributed by atoms with Crippen molar-refractivity contribution in [2.75, 3.05) is 7.11 Å². The van der Waals surface area contributed by atoms with Gasteiger partial charge in [0.05, 0.1) is 12.8 Å². The summed E-state index contributed by atoms with van der Waals surface area (Å²) in [5, 5.41) is 3.79. The molecule has 0 atom stereocenters. The molecule has 0 aliphatic heterocycles. The summed E-state index contributed by atoms with van der Waals surface area (Å²) in [6.07, 6.45) is 0.697. The second kappa shape index (κ2) is 4.13. The van der Waals surface area contributed by atoms with Crippen LogP contribution < -0.4 is 5.48 Å². The van der Waals surface area contributed by atoms with Crippen LogP contribution >= 0.6 is 11.5 Å². The highest BCUT2D eigenvalue weighted by atomic mass is 32.1. The van der Waals surface area contributed by atoms with Gasteiger partial charge in [0.2, 0.25) is 0 Å². The summed E-state index contributed by atoms with van der Waals surface area (Å²) in [4.78, 5) is 16.2. The van der Waals surface area contributed by atoms with Gasteiger partial charge in [0.25, 0.3) is 5.91 Å². The first-order valence-corrected chi connectivity index (χ1v) is 4.21. The van der Waals surface area contributed by atoms with Gasteiger partial charge in [-0.2, -0.15) is 0 Å². The lowest BCUT2D eigenvalue weighted by Gasteiger charge is -1.98. The second-order valence-electron chi connectivity index (χ2n) is 2.04. The van der Waals surface area contributed by atoms with E-state index in [2.05, 4.69) is 19.9 Å². The van der Waals surface area contributed by atoms with E-state index in [4.69, 9.17) is 0 Å². The number of amides is 1. The second-order valence-corrected chi connectivity index (χ2v) is 2.79. The van der Waals surface area contributed by atoms with Crippen molar-refractivity contribution in [2.45, 2.75) is 13.3 Å². The summed E-state index contributed by atoms with van der Waals surface area (Å²) in [6, 6.07) is 0. The molecular formula is C6H9N3O2S. The highest BCUT2D eigenvalue weighted by Crippen LogP contribution is 2.10. The molecule has 66 valence electrons. The lowest BCUT2D eigenvalue weighted by Crippen LogP contribution is -2.21. The maximum atomic E-state index is 11.2. The van der Waals surface area contributed by atoms with Gasteiger partial charge in [-0.15, -0.1) is 5.10 Å². The lowest BCUT2D eigenvalue weighted by atomic mass is 10.3. The average molecular weight is 187 g/mol. The molecule has 1 aromatic rings. The molecule has 0 aliphatic rings. The maximum absolute atomic E-state index is 11.2. The largest absolute Gasteiger partial charge is 0.288 e. The van der Waals surface area contributed by atoms with Crippen LogP contribution in [0, 0.1) is 0 Å². The van der Waals surface area contributed by atoms with E-state index < -0.39 is 0 Å². The van der Waals surface area contributed by atoms with E-state index in [0.717, 1.165) is 11.5 Å². The van der Waals surface area contributed by atoms with E-state index in [1.165, 1.54) is 7.11 Å². The van der Waals surface area contributed by atoms with Crippen molar-refractivity contribution >= 4 is 17.4 Å². The minimum absolute atomic E-state index is 0.288. The third-order valence-electron chi connectivity index (χ3n) is 1.29. The van der Waals surface area contributed by atoms with Crippen LogP contribution in [0.25, 0.3) is 0 Å². The first kappa shape index (κ1) is 9.08. The minimum atomic E-state index is -0.288. The molecule has 0 spiro atoms. The number of nitrogens with one attached hydrogen (secondary N) is 1. The van der Waals surface area contributed by atoms with Gasteiger partial charge < -0.3 is 0 Å². The Morgan fingerprint density at radius 2 is 2.50 bits per heavy atom. The predicted molar refractivity (Wildman–Crippen MR) is 43.8 cm³/mol. The Labute approximate surface area is 73.9 Å². The number of rotatable bonds is 3. The minimum Gasteiger partial charge on any atom is -0.277 e. The number of carbonyl (C=O) groups is 1. The fourth-order valence-corrected chi connectivity index (χ4v) is 1.39. The number of hydrogen-bond donors (Lipinski definition) is 1. The van der Waals surface area contributed by atoms with Gasteiger partial charge in [-0.3, -0.25) is 9.63 Å². The van der Waals surface area contributed by atoms with Crippen LogP contribution in [0.4, 0.5) is 0 Å². The molecule has 1 amide bonds. The summed E-state index contributed by atoms with van der Waals surface area (Å²) in [6.45, 7) is 1.92. The topological polar surface area (TPSA) is 64.1 Å². The average Bonchev–Trinajstić information content (AvgIpc) is 2.51. The summed E-state index contributed by atoms with van der Waals surface area (Å²) in [7, 11) is 1.39. The van der Waals surface area contributed by atoms with E-state index in [9.17, 15) is 4.79 Å². The highest BCUT2D eigenvalue weighted by molar-refractivity contribution is 7.07. The van der Waals surface area contributed by atoms with Crippen molar-refractivity contribution in [3.05, 3.63) is 10.6 Å². The molecule has 6 heteroatoms. The molecule has 0 aliphatic carbocycles. The molecule has 0 saturated heterocycles. The van der Waals surface area contributed by atoms with E-state index >= 15 is 0 Å². The number of nitrogens with zero attached hydrogens (tertiary/aromatic N) is 2. The van der Waals surface area contributed by atoms with Crippen LogP contribution in [0.5, 0.6) is 0 Å². The highest BCUT2D eigenvalue weighted by Gasteiger charge is 2.13. The van der Waals surface area contributed by atoms with Gasteiger partial charge in [0, 0.05) is 0 Å². The van der Waals surface area contributed by atoms with Gasteiger partial charge in [-0.05, 0) is 18.0 Å². The zero-order valence-electron chi connectivity index (χ0n) is 6.83. The third-order valence-corrected chi connectivity index (χ3v) is 2.06. The fourth-order valence-electron chi connectivity index (χ4n) is 0.751. The molecule has 0 unspecified atom stereocenters. The number of aromatic nitrogens is 2. The first-order chi connectivity index (χ1) is 5.79. The fraction of sp³-hybridized carbons (Fsp3) is 0.500. The summed E-state index contributed by atoms with van der Waals surface area (Å²) in [5.74, 6) is -0.288. The van der Waals surface area contributed by atoms with Crippen LogP contribution in [0.1, 0.15) is 22.3 Å². The molecule has 0 bridgehead atoms. The molecule has 0 fully saturated rings. The zero-order chi connectivity index (χ0) is 8.97. The molecule has 5 nitrogen and oxygen atoms in total. The zero-order valence-corrected chi connectivity index (χ0v) is 7.64. The van der Waals surface area contributed by atoms with Crippen LogP contribution in [-0.4, -0.2) is 22.6 Å². The van der Waals surface area contributed by atoms with Crippen molar-refractivity contribution < 1.29 is 9.63 Å². The molecule has 0 saturated carbocycles. The Morgan fingerprint density at radius 3 is 3.08 bits per heavy atom. The Kier molecular flexibility index (Phi) is 3.12. The summed E-state index contributed by atoms with van der Waals surface area (Å²) >= 11 is 1.07. The number of carbonyl (C=O) groups excluding carboxylic acids is 1. The molecule has 1 rings (SSSR count). The van der Waals surface area contributed by atoms with Crippen molar-refractivity contribution in [3.63, 3.8) is 0 Å². The number of hydroxylamine groups is 1. The monoisotopic (exact) mass is 187 g/mol. The van der Waals surface area contributed by atoms with Gasteiger partial charge in [-0.1, -0.05) is 11.4 Å². The number of hydrogen-bond acceptors (Lipinski definition) is 5. The van der Waals surface area contributed by atoms with Gasteiger partial charge in [-0.25, -0.2) is 5.48 Å². The molecular weight excluding hydrogens is 178 g/mol. The van der Waals surface area contributed by atoms with E-state index in [1.54, 1.807) is 0 Å².